The van der Waals surface area contributed by atoms with E-state index < -0.39 is 23.3 Å². The number of unbranched alkanes of at least 4 members (excludes halogenated alkanes) is 1. The Morgan fingerprint density at radius 3 is 2.68 bits per heavy atom. The lowest BCUT2D eigenvalue weighted by Gasteiger charge is -2.20. The van der Waals surface area contributed by atoms with E-state index >= 15 is 0 Å². The first-order valence-electron chi connectivity index (χ1n) is 6.66. The van der Waals surface area contributed by atoms with Crippen LogP contribution in [0.25, 0.3) is 0 Å². The minimum Gasteiger partial charge on any atom is -0.476 e. The number of aromatic nitrogens is 1. The third-order valence-corrected chi connectivity index (χ3v) is 3.23. The predicted molar refractivity (Wildman–Crippen MR) is 81.7 cm³/mol. The number of anilines is 1. The van der Waals surface area contributed by atoms with E-state index in [-0.39, 0.29) is 17.4 Å². The van der Waals surface area contributed by atoms with Crippen molar-refractivity contribution in [3.8, 4) is 0 Å². The summed E-state index contributed by atoms with van der Waals surface area (Å²) in [6.07, 6.45) is 1.63. The van der Waals surface area contributed by atoms with Crippen LogP contribution in [0, 0.1) is 0 Å². The highest BCUT2D eigenvalue weighted by molar-refractivity contribution is 7.13. The second-order valence-corrected chi connectivity index (χ2v) is 5.80. The fraction of sp³-hybridized carbons (Fsp3) is 0.538. The highest BCUT2D eigenvalue weighted by atomic mass is 32.1. The van der Waals surface area contributed by atoms with Gasteiger partial charge < -0.3 is 20.4 Å². The molecule has 0 aliphatic rings. The van der Waals surface area contributed by atoms with Crippen molar-refractivity contribution in [2.24, 2.45) is 5.16 Å². The Morgan fingerprint density at radius 1 is 1.50 bits per heavy atom. The van der Waals surface area contributed by atoms with Crippen LogP contribution >= 0.6 is 11.3 Å². The van der Waals surface area contributed by atoms with Crippen molar-refractivity contribution in [1.29, 1.82) is 0 Å². The highest BCUT2D eigenvalue weighted by Gasteiger charge is 2.33. The van der Waals surface area contributed by atoms with Gasteiger partial charge in [-0.2, -0.15) is 0 Å². The van der Waals surface area contributed by atoms with Gasteiger partial charge in [0.1, 0.15) is 5.69 Å². The summed E-state index contributed by atoms with van der Waals surface area (Å²) in [6, 6.07) is 0. The number of nitrogens with zero attached hydrogens (tertiary/aromatic N) is 2. The first-order valence-corrected chi connectivity index (χ1v) is 7.54. The van der Waals surface area contributed by atoms with Crippen LogP contribution in [0.5, 0.6) is 0 Å². The molecule has 0 bridgehead atoms. The number of oxime groups is 1. The van der Waals surface area contributed by atoms with Crippen molar-refractivity contribution < 1.29 is 24.3 Å². The average molecular weight is 329 g/mol. The molecule has 0 unspecified atom stereocenters. The number of carboxylic acids is 1. The van der Waals surface area contributed by atoms with Crippen molar-refractivity contribution in [1.82, 2.24) is 4.98 Å². The Bertz CT molecular complexity index is 568. The molecule has 0 amide bonds. The summed E-state index contributed by atoms with van der Waals surface area (Å²) >= 11 is 1.08. The van der Waals surface area contributed by atoms with Gasteiger partial charge in [0, 0.05) is 5.38 Å². The standard InChI is InChI=1S/C13H19N3O5S/c1-4-5-6-20-11(19)13(2,3)21-16-9(10(17)18)8-7-22-12(14)15-8/h7H,4-6H2,1-3H3,(H2,14,15)(H,17,18)/b16-9+. The van der Waals surface area contributed by atoms with Crippen molar-refractivity contribution in [3.63, 3.8) is 0 Å². The van der Waals surface area contributed by atoms with Crippen molar-refractivity contribution in [2.45, 2.75) is 39.2 Å². The molecule has 0 aromatic carbocycles. The summed E-state index contributed by atoms with van der Waals surface area (Å²) < 4.78 is 5.04. The monoisotopic (exact) mass is 329 g/mol. The quantitative estimate of drug-likeness (QED) is 0.321. The minimum absolute atomic E-state index is 0.0742. The van der Waals surface area contributed by atoms with Crippen LogP contribution in [0.2, 0.25) is 0 Å². The molecule has 0 saturated heterocycles. The van der Waals surface area contributed by atoms with Gasteiger partial charge in [0.05, 0.1) is 6.61 Å². The lowest BCUT2D eigenvalue weighted by Crippen LogP contribution is -2.36. The number of nitrogens with two attached hydrogens (primary N) is 1. The third-order valence-electron chi connectivity index (χ3n) is 2.55. The largest absolute Gasteiger partial charge is 0.476 e. The summed E-state index contributed by atoms with van der Waals surface area (Å²) in [4.78, 5) is 32.0. The second-order valence-electron chi connectivity index (χ2n) is 4.91. The van der Waals surface area contributed by atoms with E-state index in [0.717, 1.165) is 24.2 Å². The van der Waals surface area contributed by atoms with Gasteiger partial charge in [0.15, 0.2) is 5.13 Å². The van der Waals surface area contributed by atoms with Gasteiger partial charge in [-0.15, -0.1) is 11.3 Å². The number of hydrogen-bond donors (Lipinski definition) is 2. The zero-order chi connectivity index (χ0) is 16.8. The number of aliphatic carboxylic acids is 1. The molecule has 9 heteroatoms. The molecule has 1 heterocycles. The van der Waals surface area contributed by atoms with Gasteiger partial charge in [-0.05, 0) is 20.3 Å². The Morgan fingerprint density at radius 2 is 2.18 bits per heavy atom. The van der Waals surface area contributed by atoms with Gasteiger partial charge in [0.25, 0.3) is 0 Å². The smallest absolute Gasteiger partial charge is 0.360 e. The first-order chi connectivity index (χ1) is 10.3. The van der Waals surface area contributed by atoms with Crippen LogP contribution < -0.4 is 5.73 Å². The maximum absolute atomic E-state index is 11.9. The molecule has 1 aromatic rings. The number of nitrogen functional groups attached to an aromatic ring is 1. The molecular weight excluding hydrogens is 310 g/mol. The summed E-state index contributed by atoms with van der Waals surface area (Å²) in [6.45, 7) is 5.14. The minimum atomic E-state index is -1.41. The highest BCUT2D eigenvalue weighted by Crippen LogP contribution is 2.16. The van der Waals surface area contributed by atoms with Gasteiger partial charge in [-0.25, -0.2) is 14.6 Å². The van der Waals surface area contributed by atoms with E-state index in [0.29, 0.717) is 0 Å². The molecule has 22 heavy (non-hydrogen) atoms. The molecule has 3 N–H and O–H groups in total. The number of esters is 1. The van der Waals surface area contributed by atoms with E-state index in [1.54, 1.807) is 0 Å². The molecule has 0 aliphatic carbocycles. The Balaban J connectivity index is 2.81. The molecule has 0 atom stereocenters. The molecule has 8 nitrogen and oxygen atoms in total. The summed E-state index contributed by atoms with van der Waals surface area (Å²) in [5.41, 5.74) is 3.70. The van der Waals surface area contributed by atoms with Crippen LogP contribution in [0.1, 0.15) is 39.3 Å². The number of ether oxygens (including phenoxy) is 1. The number of carboxylic acid groups (broad SMARTS) is 1. The van der Waals surface area contributed by atoms with E-state index in [9.17, 15) is 9.59 Å². The van der Waals surface area contributed by atoms with Gasteiger partial charge in [-0.1, -0.05) is 18.5 Å². The number of carbonyl (C=O) groups is 2. The molecule has 0 fully saturated rings. The van der Waals surface area contributed by atoms with E-state index in [4.69, 9.17) is 20.4 Å². The maximum atomic E-state index is 11.9. The van der Waals surface area contributed by atoms with E-state index in [1.165, 1.54) is 19.2 Å². The van der Waals surface area contributed by atoms with E-state index in [2.05, 4.69) is 10.1 Å². The molecule has 1 rings (SSSR count). The second kappa shape index (κ2) is 7.74. The average Bonchev–Trinajstić information content (AvgIpc) is 2.85. The van der Waals surface area contributed by atoms with Crippen molar-refractivity contribution in [3.05, 3.63) is 11.1 Å². The Hall–Kier alpha value is -2.16. The van der Waals surface area contributed by atoms with Crippen LogP contribution in [0.15, 0.2) is 10.5 Å². The Labute approximate surface area is 131 Å². The maximum Gasteiger partial charge on any atom is 0.360 e. The zero-order valence-corrected chi connectivity index (χ0v) is 13.5. The molecule has 0 radical (unpaired) electrons. The van der Waals surface area contributed by atoms with Gasteiger partial charge in [0.2, 0.25) is 11.3 Å². The number of hydrogen-bond acceptors (Lipinski definition) is 8. The molecule has 1 aromatic heterocycles. The molecule has 122 valence electrons. The fourth-order valence-electron chi connectivity index (χ4n) is 1.27. The van der Waals surface area contributed by atoms with Crippen molar-refractivity contribution in [2.75, 3.05) is 12.3 Å². The van der Waals surface area contributed by atoms with Crippen molar-refractivity contribution >= 4 is 34.1 Å². The number of rotatable bonds is 8. The lowest BCUT2D eigenvalue weighted by atomic mass is 10.1. The molecular formula is C13H19N3O5S. The summed E-state index contributed by atoms with van der Waals surface area (Å²) in [5.74, 6) is -1.95. The van der Waals surface area contributed by atoms with Crippen LogP contribution in [-0.4, -0.2) is 39.9 Å². The first kappa shape index (κ1) is 17.9. The van der Waals surface area contributed by atoms with Gasteiger partial charge in [-0.3, -0.25) is 0 Å². The van der Waals surface area contributed by atoms with Gasteiger partial charge >= 0.3 is 11.9 Å². The fourth-order valence-corrected chi connectivity index (χ4v) is 1.82. The topological polar surface area (TPSA) is 124 Å². The number of carbonyl (C=O) groups excluding carboxylic acids is 1. The predicted octanol–water partition coefficient (Wildman–Crippen LogP) is 1.65. The number of thiazole rings is 1. The van der Waals surface area contributed by atoms with Crippen LogP contribution in [0.4, 0.5) is 5.13 Å². The van der Waals surface area contributed by atoms with E-state index in [1.807, 2.05) is 6.92 Å². The molecule has 0 aliphatic heterocycles. The summed E-state index contributed by atoms with van der Waals surface area (Å²) in [7, 11) is 0. The normalized spacial score (nSPS) is 12.0. The molecule has 0 saturated carbocycles. The lowest BCUT2D eigenvalue weighted by molar-refractivity contribution is -0.168. The Kier molecular flexibility index (Phi) is 6.29. The molecule has 0 spiro atoms. The van der Waals surface area contributed by atoms with Crippen LogP contribution in [-0.2, 0) is 19.2 Å². The summed E-state index contributed by atoms with van der Waals surface area (Å²) in [5, 5.41) is 14.3. The SMILES string of the molecule is CCCCOC(=O)C(C)(C)O/N=C(/C(=O)O)c1csc(N)n1. The zero-order valence-electron chi connectivity index (χ0n) is 12.7. The van der Waals surface area contributed by atoms with Crippen LogP contribution in [0.3, 0.4) is 0 Å². The third kappa shape index (κ3) is 4.99.